The molecule has 1 rings (SSSR count). The summed E-state index contributed by atoms with van der Waals surface area (Å²) in [6, 6.07) is 5.52. The lowest BCUT2D eigenvalue weighted by atomic mass is 10.2. The SMILES string of the molecule is CCC(CC)=NNC(=O)COc1ccc([N+](=O)[O-])cc1. The van der Waals surface area contributed by atoms with Gasteiger partial charge >= 0.3 is 0 Å². The lowest BCUT2D eigenvalue weighted by molar-refractivity contribution is -0.384. The van der Waals surface area contributed by atoms with Gasteiger partial charge in [-0.25, -0.2) is 5.43 Å². The third kappa shape index (κ3) is 5.05. The molecule has 0 aliphatic rings. The Morgan fingerprint density at radius 2 is 1.90 bits per heavy atom. The number of rotatable bonds is 7. The molecule has 0 aliphatic heterocycles. The Morgan fingerprint density at radius 1 is 1.30 bits per heavy atom. The minimum atomic E-state index is -0.498. The highest BCUT2D eigenvalue weighted by molar-refractivity contribution is 5.86. The second-order valence-electron chi connectivity index (χ2n) is 3.96. The first-order valence-corrected chi connectivity index (χ1v) is 6.28. The third-order valence-corrected chi connectivity index (χ3v) is 2.57. The van der Waals surface area contributed by atoms with Gasteiger partial charge in [0.05, 0.1) is 4.92 Å². The van der Waals surface area contributed by atoms with E-state index >= 15 is 0 Å². The molecule has 20 heavy (non-hydrogen) atoms. The Labute approximate surface area is 116 Å². The summed E-state index contributed by atoms with van der Waals surface area (Å²) in [5, 5.41) is 14.4. The van der Waals surface area contributed by atoms with E-state index < -0.39 is 4.92 Å². The van der Waals surface area contributed by atoms with Gasteiger partial charge in [0.15, 0.2) is 6.61 Å². The summed E-state index contributed by atoms with van der Waals surface area (Å²) in [5.41, 5.74) is 3.27. The molecule has 0 saturated heterocycles. The van der Waals surface area contributed by atoms with E-state index in [9.17, 15) is 14.9 Å². The van der Waals surface area contributed by atoms with E-state index in [2.05, 4.69) is 10.5 Å². The van der Waals surface area contributed by atoms with Crippen LogP contribution in [0.5, 0.6) is 5.75 Å². The lowest BCUT2D eigenvalue weighted by Crippen LogP contribution is -2.25. The molecule has 0 saturated carbocycles. The van der Waals surface area contributed by atoms with Crippen molar-refractivity contribution < 1.29 is 14.5 Å². The average Bonchev–Trinajstić information content (AvgIpc) is 2.46. The van der Waals surface area contributed by atoms with Crippen molar-refractivity contribution in [1.82, 2.24) is 5.43 Å². The van der Waals surface area contributed by atoms with E-state index in [1.54, 1.807) is 0 Å². The third-order valence-electron chi connectivity index (χ3n) is 2.57. The van der Waals surface area contributed by atoms with Crippen molar-refractivity contribution >= 4 is 17.3 Å². The molecule has 1 N–H and O–H groups in total. The maximum atomic E-state index is 11.5. The Kier molecular flexibility index (Phi) is 6.15. The zero-order chi connectivity index (χ0) is 15.0. The molecule has 7 heteroatoms. The number of carbonyl (C=O) groups excluding carboxylic acids is 1. The van der Waals surface area contributed by atoms with Crippen molar-refractivity contribution in [3.05, 3.63) is 34.4 Å². The van der Waals surface area contributed by atoms with Gasteiger partial charge in [-0.3, -0.25) is 14.9 Å². The highest BCUT2D eigenvalue weighted by Crippen LogP contribution is 2.16. The second kappa shape index (κ2) is 7.88. The Morgan fingerprint density at radius 3 is 2.40 bits per heavy atom. The number of nitro groups is 1. The molecular weight excluding hydrogens is 262 g/mol. The summed E-state index contributed by atoms with van der Waals surface area (Å²) < 4.78 is 5.20. The maximum Gasteiger partial charge on any atom is 0.277 e. The van der Waals surface area contributed by atoms with Crippen LogP contribution >= 0.6 is 0 Å². The number of nitro benzene ring substituents is 1. The van der Waals surface area contributed by atoms with Crippen molar-refractivity contribution in [2.24, 2.45) is 5.10 Å². The summed E-state index contributed by atoms with van der Waals surface area (Å²) >= 11 is 0. The number of nitrogens with zero attached hydrogens (tertiary/aromatic N) is 2. The van der Waals surface area contributed by atoms with Gasteiger partial charge in [-0.05, 0) is 25.0 Å². The van der Waals surface area contributed by atoms with Crippen LogP contribution in [0.3, 0.4) is 0 Å². The van der Waals surface area contributed by atoms with Crippen LogP contribution < -0.4 is 10.2 Å². The number of nitrogens with one attached hydrogen (secondary N) is 1. The molecule has 0 atom stereocenters. The van der Waals surface area contributed by atoms with Crippen LogP contribution in [0.2, 0.25) is 0 Å². The molecule has 108 valence electrons. The molecule has 1 aromatic rings. The van der Waals surface area contributed by atoms with Crippen molar-refractivity contribution in [2.75, 3.05) is 6.61 Å². The van der Waals surface area contributed by atoms with Crippen LogP contribution in [-0.4, -0.2) is 23.1 Å². The van der Waals surface area contributed by atoms with Crippen molar-refractivity contribution in [3.63, 3.8) is 0 Å². The van der Waals surface area contributed by atoms with Gasteiger partial charge in [-0.15, -0.1) is 0 Å². The van der Waals surface area contributed by atoms with E-state index in [1.807, 2.05) is 13.8 Å². The molecule has 0 spiro atoms. The van der Waals surface area contributed by atoms with Gasteiger partial charge in [0.25, 0.3) is 11.6 Å². The van der Waals surface area contributed by atoms with Gasteiger partial charge < -0.3 is 4.74 Å². The monoisotopic (exact) mass is 279 g/mol. The smallest absolute Gasteiger partial charge is 0.277 e. The zero-order valence-corrected chi connectivity index (χ0v) is 11.5. The molecule has 0 aromatic heterocycles. The normalized spacial score (nSPS) is 9.70. The molecule has 0 fully saturated rings. The van der Waals surface area contributed by atoms with Gasteiger partial charge in [-0.1, -0.05) is 13.8 Å². The summed E-state index contributed by atoms with van der Waals surface area (Å²) in [6.07, 6.45) is 1.56. The number of hydrogen-bond donors (Lipinski definition) is 1. The lowest BCUT2D eigenvalue weighted by Gasteiger charge is -2.05. The fraction of sp³-hybridized carbons (Fsp3) is 0.385. The standard InChI is InChI=1S/C13H17N3O4/c1-3-10(4-2)14-15-13(17)9-20-12-7-5-11(6-8-12)16(18)19/h5-8H,3-4,9H2,1-2H3,(H,15,17). The highest BCUT2D eigenvalue weighted by Gasteiger charge is 2.06. The van der Waals surface area contributed by atoms with Crippen LogP contribution in [-0.2, 0) is 4.79 Å². The first-order chi connectivity index (χ1) is 9.56. The van der Waals surface area contributed by atoms with Crippen molar-refractivity contribution in [3.8, 4) is 5.75 Å². The Hall–Kier alpha value is -2.44. The molecule has 0 bridgehead atoms. The van der Waals surface area contributed by atoms with Crippen molar-refractivity contribution in [2.45, 2.75) is 26.7 Å². The number of hydrazone groups is 1. The van der Waals surface area contributed by atoms with Crippen LogP contribution in [0, 0.1) is 10.1 Å². The molecular formula is C13H17N3O4. The van der Waals surface area contributed by atoms with Gasteiger partial charge in [-0.2, -0.15) is 5.10 Å². The number of hydrogen-bond acceptors (Lipinski definition) is 5. The highest BCUT2D eigenvalue weighted by atomic mass is 16.6. The Bertz CT molecular complexity index is 491. The number of carbonyl (C=O) groups is 1. The van der Waals surface area contributed by atoms with E-state index in [1.165, 1.54) is 24.3 Å². The number of ether oxygens (including phenoxy) is 1. The number of non-ortho nitro benzene ring substituents is 1. The summed E-state index contributed by atoms with van der Waals surface area (Å²) in [5.74, 6) is 0.0173. The molecule has 0 unspecified atom stereocenters. The molecule has 7 nitrogen and oxygen atoms in total. The predicted octanol–water partition coefficient (Wildman–Crippen LogP) is 2.27. The summed E-state index contributed by atoms with van der Waals surface area (Å²) in [6.45, 7) is 3.73. The summed E-state index contributed by atoms with van der Waals surface area (Å²) in [7, 11) is 0. The summed E-state index contributed by atoms with van der Waals surface area (Å²) in [4.78, 5) is 21.4. The minimum Gasteiger partial charge on any atom is -0.484 e. The first kappa shape index (κ1) is 15.6. The fourth-order valence-corrected chi connectivity index (χ4v) is 1.39. The average molecular weight is 279 g/mol. The largest absolute Gasteiger partial charge is 0.484 e. The van der Waals surface area contributed by atoms with E-state index in [4.69, 9.17) is 4.74 Å². The fourth-order valence-electron chi connectivity index (χ4n) is 1.39. The first-order valence-electron chi connectivity index (χ1n) is 6.28. The number of benzene rings is 1. The van der Waals surface area contributed by atoms with E-state index in [0.717, 1.165) is 18.6 Å². The quantitative estimate of drug-likeness (QED) is 0.470. The van der Waals surface area contributed by atoms with E-state index in [0.29, 0.717) is 5.75 Å². The maximum absolute atomic E-state index is 11.5. The molecule has 0 radical (unpaired) electrons. The molecule has 0 heterocycles. The molecule has 0 aliphatic carbocycles. The topological polar surface area (TPSA) is 93.8 Å². The van der Waals surface area contributed by atoms with E-state index in [-0.39, 0.29) is 18.2 Å². The minimum absolute atomic E-state index is 0.0260. The zero-order valence-electron chi connectivity index (χ0n) is 11.5. The molecule has 1 aromatic carbocycles. The van der Waals surface area contributed by atoms with Gasteiger partial charge in [0, 0.05) is 17.8 Å². The van der Waals surface area contributed by atoms with Gasteiger partial charge in [0.2, 0.25) is 0 Å². The number of amides is 1. The van der Waals surface area contributed by atoms with Crippen molar-refractivity contribution in [1.29, 1.82) is 0 Å². The van der Waals surface area contributed by atoms with Gasteiger partial charge in [0.1, 0.15) is 5.75 Å². The Balaban J connectivity index is 2.45. The molecule has 1 amide bonds. The van der Waals surface area contributed by atoms with Crippen LogP contribution in [0.15, 0.2) is 29.4 Å². The van der Waals surface area contributed by atoms with Crippen LogP contribution in [0.4, 0.5) is 5.69 Å². The van der Waals surface area contributed by atoms with Crippen LogP contribution in [0.1, 0.15) is 26.7 Å². The second-order valence-corrected chi connectivity index (χ2v) is 3.96. The van der Waals surface area contributed by atoms with Crippen LogP contribution in [0.25, 0.3) is 0 Å². The predicted molar refractivity (Wildman–Crippen MR) is 74.8 cm³/mol.